The number of benzene rings is 2. The van der Waals surface area contributed by atoms with Gasteiger partial charge < -0.3 is 4.74 Å². The zero-order valence-corrected chi connectivity index (χ0v) is 17.8. The fourth-order valence-electron chi connectivity index (χ4n) is 2.81. The number of thiazole rings is 1. The van der Waals surface area contributed by atoms with Gasteiger partial charge in [-0.25, -0.2) is 13.4 Å². The van der Waals surface area contributed by atoms with E-state index in [1.54, 1.807) is 24.3 Å². The molecule has 1 aromatic heterocycles. The van der Waals surface area contributed by atoms with Crippen molar-refractivity contribution < 1.29 is 22.3 Å². The maximum atomic E-state index is 13.2. The lowest BCUT2D eigenvalue weighted by Crippen LogP contribution is -2.25. The molecule has 0 radical (unpaired) electrons. The fourth-order valence-corrected chi connectivity index (χ4v) is 5.14. The zero-order chi connectivity index (χ0) is 21.3. The molecule has 1 amide bonds. The molecule has 1 atom stereocenters. The third-order valence-electron chi connectivity index (χ3n) is 4.49. The first-order chi connectivity index (χ1) is 14.3. The number of rotatable bonds is 7. The zero-order valence-electron chi connectivity index (χ0n) is 15.4. The molecule has 6 nitrogen and oxygen atoms in total. The van der Waals surface area contributed by atoms with Crippen LogP contribution in [0.5, 0.6) is 5.75 Å². The predicted octanol–water partition coefficient (Wildman–Crippen LogP) is 4.63. The lowest BCUT2D eigenvalue weighted by molar-refractivity contribution is -0.123. The fraction of sp³-hybridized carbons (Fsp3) is 0.200. The van der Waals surface area contributed by atoms with Gasteiger partial charge in [-0.1, -0.05) is 35.1 Å². The number of carbonyl (C=O) groups excluding carboxylic acids is 1. The highest BCUT2D eigenvalue weighted by Gasteiger charge is 2.37. The van der Waals surface area contributed by atoms with Crippen LogP contribution in [0.25, 0.3) is 0 Å². The highest BCUT2D eigenvalue weighted by Crippen LogP contribution is 2.34. The number of carbonyl (C=O) groups is 1. The number of ether oxygens (including phenoxy) is 1. The summed E-state index contributed by atoms with van der Waals surface area (Å²) in [6.07, 6.45) is 1.22. The first-order valence-electron chi connectivity index (χ1n) is 9.01. The molecule has 1 aliphatic rings. The molecule has 10 heteroatoms. The molecular formula is C20H16ClFN2O4S2. The predicted molar refractivity (Wildman–Crippen MR) is 112 cm³/mol. The molecule has 0 bridgehead atoms. The molecule has 0 saturated heterocycles. The Kier molecular flexibility index (Phi) is 5.77. The summed E-state index contributed by atoms with van der Waals surface area (Å²) in [7, 11) is -3.34. The summed E-state index contributed by atoms with van der Waals surface area (Å²) < 4.78 is 43.9. The number of amides is 1. The molecule has 1 saturated carbocycles. The number of sulfone groups is 1. The van der Waals surface area contributed by atoms with Crippen molar-refractivity contribution in [2.45, 2.75) is 29.1 Å². The lowest BCUT2D eigenvalue weighted by Gasteiger charge is -2.19. The SMILES string of the molecule is O=C(Nc1ncc(F)s1)C(Oc1ccc(Cl)cc1)c1ccc(S(=O)(=O)C2CC2)cc1. The van der Waals surface area contributed by atoms with Crippen molar-refractivity contribution in [3.8, 4) is 5.75 Å². The van der Waals surface area contributed by atoms with Crippen molar-refractivity contribution >= 4 is 43.8 Å². The molecule has 1 heterocycles. The highest BCUT2D eigenvalue weighted by molar-refractivity contribution is 7.92. The Hall–Kier alpha value is -2.49. The average molecular weight is 467 g/mol. The molecule has 1 unspecified atom stereocenters. The maximum Gasteiger partial charge on any atom is 0.271 e. The van der Waals surface area contributed by atoms with E-state index in [9.17, 15) is 17.6 Å². The van der Waals surface area contributed by atoms with Gasteiger partial charge in [0.1, 0.15) is 5.75 Å². The largest absolute Gasteiger partial charge is 0.476 e. The van der Waals surface area contributed by atoms with Crippen LogP contribution < -0.4 is 10.1 Å². The van der Waals surface area contributed by atoms with Crippen molar-refractivity contribution in [1.82, 2.24) is 4.98 Å². The summed E-state index contributed by atoms with van der Waals surface area (Å²) in [6.45, 7) is 0. The number of halogens is 2. The van der Waals surface area contributed by atoms with Crippen LogP contribution in [0.3, 0.4) is 0 Å². The van der Waals surface area contributed by atoms with E-state index in [4.69, 9.17) is 16.3 Å². The van der Waals surface area contributed by atoms with Crippen LogP contribution in [0.2, 0.25) is 5.02 Å². The van der Waals surface area contributed by atoms with Gasteiger partial charge in [0.05, 0.1) is 16.3 Å². The van der Waals surface area contributed by atoms with E-state index in [2.05, 4.69) is 10.3 Å². The Balaban J connectivity index is 1.61. The van der Waals surface area contributed by atoms with Crippen LogP contribution in [0, 0.1) is 5.13 Å². The smallest absolute Gasteiger partial charge is 0.271 e. The Morgan fingerprint density at radius 1 is 1.17 bits per heavy atom. The van der Waals surface area contributed by atoms with Gasteiger partial charge in [0.25, 0.3) is 5.91 Å². The van der Waals surface area contributed by atoms with Crippen molar-refractivity contribution in [1.29, 1.82) is 0 Å². The van der Waals surface area contributed by atoms with E-state index < -0.39 is 27.0 Å². The number of nitrogens with one attached hydrogen (secondary N) is 1. The molecule has 1 fully saturated rings. The Morgan fingerprint density at radius 2 is 1.83 bits per heavy atom. The van der Waals surface area contributed by atoms with Gasteiger partial charge in [0, 0.05) is 10.6 Å². The third-order valence-corrected chi connectivity index (χ3v) is 7.72. The summed E-state index contributed by atoms with van der Waals surface area (Å²) in [4.78, 5) is 16.8. The molecule has 4 rings (SSSR count). The molecule has 3 aromatic rings. The van der Waals surface area contributed by atoms with Crippen LogP contribution in [0.15, 0.2) is 59.6 Å². The second-order valence-electron chi connectivity index (χ2n) is 6.72. The molecule has 1 N–H and O–H groups in total. The second-order valence-corrected chi connectivity index (χ2v) is 10.4. The van der Waals surface area contributed by atoms with Crippen LogP contribution in [0.1, 0.15) is 24.5 Å². The van der Waals surface area contributed by atoms with Crippen molar-refractivity contribution in [2.75, 3.05) is 5.32 Å². The minimum atomic E-state index is -3.34. The quantitative estimate of drug-likeness (QED) is 0.548. The number of nitrogens with zero attached hydrogens (tertiary/aromatic N) is 1. The summed E-state index contributed by atoms with van der Waals surface area (Å²) in [5.74, 6) is -0.184. The van der Waals surface area contributed by atoms with Crippen LogP contribution in [-0.4, -0.2) is 24.6 Å². The standard InChI is InChI=1S/C20H16ClFN2O4S2/c21-13-3-5-14(6-4-13)28-18(19(25)24-20-23-11-17(22)29-20)12-1-7-15(8-2-12)30(26,27)16-9-10-16/h1-8,11,16,18H,9-10H2,(H,23,24,25). The summed E-state index contributed by atoms with van der Waals surface area (Å²) in [5, 5.41) is 2.27. The summed E-state index contributed by atoms with van der Waals surface area (Å²) in [6, 6.07) is 12.5. The van der Waals surface area contributed by atoms with Gasteiger partial charge in [-0.2, -0.15) is 4.39 Å². The molecule has 2 aromatic carbocycles. The van der Waals surface area contributed by atoms with E-state index >= 15 is 0 Å². The van der Waals surface area contributed by atoms with Gasteiger partial charge >= 0.3 is 0 Å². The van der Waals surface area contributed by atoms with Gasteiger partial charge in [-0.3, -0.25) is 10.1 Å². The number of anilines is 1. The Labute approximate surface area is 181 Å². The van der Waals surface area contributed by atoms with Crippen LogP contribution in [-0.2, 0) is 14.6 Å². The molecule has 1 aliphatic carbocycles. The number of hydrogen-bond acceptors (Lipinski definition) is 6. The molecule has 156 valence electrons. The van der Waals surface area contributed by atoms with Gasteiger partial charge in [-0.15, -0.1) is 0 Å². The first kappa shape index (κ1) is 20.8. The van der Waals surface area contributed by atoms with E-state index in [0.717, 1.165) is 6.20 Å². The number of hydrogen-bond donors (Lipinski definition) is 1. The van der Waals surface area contributed by atoms with E-state index in [-0.39, 0.29) is 15.3 Å². The summed E-state index contributed by atoms with van der Waals surface area (Å²) in [5.41, 5.74) is 0.439. The van der Waals surface area contributed by atoms with Crippen LogP contribution >= 0.6 is 22.9 Å². The lowest BCUT2D eigenvalue weighted by atomic mass is 10.1. The third kappa shape index (κ3) is 4.63. The second kappa shape index (κ2) is 8.33. The monoisotopic (exact) mass is 466 g/mol. The van der Waals surface area contributed by atoms with Gasteiger partial charge in [0.2, 0.25) is 6.10 Å². The minimum absolute atomic E-state index is 0.0927. The topological polar surface area (TPSA) is 85.4 Å². The highest BCUT2D eigenvalue weighted by atomic mass is 35.5. The molecular weight excluding hydrogens is 451 g/mol. The summed E-state index contributed by atoms with van der Waals surface area (Å²) >= 11 is 6.58. The maximum absolute atomic E-state index is 13.2. The van der Waals surface area contributed by atoms with Crippen LogP contribution in [0.4, 0.5) is 9.52 Å². The number of aromatic nitrogens is 1. The van der Waals surface area contributed by atoms with Crippen molar-refractivity contribution in [3.63, 3.8) is 0 Å². The van der Waals surface area contributed by atoms with E-state index in [1.165, 1.54) is 24.3 Å². The van der Waals surface area contributed by atoms with Crippen molar-refractivity contribution in [2.24, 2.45) is 0 Å². The van der Waals surface area contributed by atoms with E-state index in [1.807, 2.05) is 0 Å². The van der Waals surface area contributed by atoms with Gasteiger partial charge in [0.15, 0.2) is 20.1 Å². The Bertz CT molecular complexity index is 1160. The molecule has 30 heavy (non-hydrogen) atoms. The normalized spacial score (nSPS) is 14.9. The average Bonchev–Trinajstić information content (AvgIpc) is 3.51. The Morgan fingerprint density at radius 3 is 2.40 bits per heavy atom. The first-order valence-corrected chi connectivity index (χ1v) is 11.8. The molecule has 0 aliphatic heterocycles. The van der Waals surface area contributed by atoms with Crippen molar-refractivity contribution in [3.05, 3.63) is 70.4 Å². The molecule has 0 spiro atoms. The van der Waals surface area contributed by atoms with Gasteiger partial charge in [-0.05, 0) is 49.2 Å². The van der Waals surface area contributed by atoms with E-state index in [0.29, 0.717) is 40.5 Å². The minimum Gasteiger partial charge on any atom is -0.476 e.